The Morgan fingerprint density at radius 1 is 0.833 bits per heavy atom. The number of nitrogens with zero attached hydrogens (tertiary/aromatic N) is 1. The van der Waals surface area contributed by atoms with E-state index in [4.69, 9.17) is 14.5 Å². The Kier molecular flexibility index (Phi) is 4.78. The number of aromatic nitrogens is 1. The number of thiazole rings is 1. The third kappa shape index (κ3) is 3.83. The average Bonchev–Trinajstić information content (AvgIpc) is 3.44. The fourth-order valence-corrected chi connectivity index (χ4v) is 3.98. The lowest BCUT2D eigenvalue weighted by molar-refractivity contribution is 0.174. The zero-order chi connectivity index (χ0) is 20.3. The smallest absolute Gasteiger partial charge is 0.323 e. The van der Waals surface area contributed by atoms with Crippen molar-refractivity contribution in [3.8, 4) is 33.3 Å². The van der Waals surface area contributed by atoms with Gasteiger partial charge in [-0.15, -0.1) is 11.3 Å². The second-order valence-electron chi connectivity index (χ2n) is 6.63. The van der Waals surface area contributed by atoms with Crippen molar-refractivity contribution in [3.05, 3.63) is 78.2 Å². The SMILES string of the molecule is O=C(Nc1cccc(-c2csc(-c3ccccc3)n2)c1)Nc1ccc2c(c1)OCO2. The number of nitrogens with one attached hydrogen (secondary N) is 2. The first kappa shape index (κ1) is 18.2. The molecule has 0 atom stereocenters. The molecule has 3 aromatic carbocycles. The van der Waals surface area contributed by atoms with E-state index in [1.54, 1.807) is 29.5 Å². The number of amides is 2. The lowest BCUT2D eigenvalue weighted by Gasteiger charge is -2.09. The van der Waals surface area contributed by atoms with Crippen molar-refractivity contribution in [2.24, 2.45) is 0 Å². The second-order valence-corrected chi connectivity index (χ2v) is 7.49. The van der Waals surface area contributed by atoms with Gasteiger partial charge in [-0.25, -0.2) is 9.78 Å². The molecule has 148 valence electrons. The van der Waals surface area contributed by atoms with Gasteiger partial charge in [-0.1, -0.05) is 42.5 Å². The van der Waals surface area contributed by atoms with E-state index < -0.39 is 0 Å². The third-order valence-corrected chi connectivity index (χ3v) is 5.46. The summed E-state index contributed by atoms with van der Waals surface area (Å²) in [6.45, 7) is 0.195. The number of anilines is 2. The molecular formula is C23H17N3O3S. The second kappa shape index (κ2) is 7.88. The number of benzene rings is 3. The zero-order valence-electron chi connectivity index (χ0n) is 15.8. The van der Waals surface area contributed by atoms with Crippen LogP contribution in [0.3, 0.4) is 0 Å². The monoisotopic (exact) mass is 415 g/mol. The normalized spacial score (nSPS) is 11.9. The first-order valence-corrected chi connectivity index (χ1v) is 10.2. The van der Waals surface area contributed by atoms with Gasteiger partial charge in [0.1, 0.15) is 5.01 Å². The predicted molar refractivity (Wildman–Crippen MR) is 118 cm³/mol. The molecule has 1 aromatic heterocycles. The van der Waals surface area contributed by atoms with Crippen LogP contribution in [-0.4, -0.2) is 17.8 Å². The van der Waals surface area contributed by atoms with Crippen molar-refractivity contribution in [3.63, 3.8) is 0 Å². The minimum atomic E-state index is -0.339. The summed E-state index contributed by atoms with van der Waals surface area (Å²) >= 11 is 1.60. The average molecular weight is 415 g/mol. The first-order chi connectivity index (χ1) is 14.7. The van der Waals surface area contributed by atoms with Crippen LogP contribution in [0.25, 0.3) is 21.8 Å². The Bertz CT molecular complexity index is 1210. The van der Waals surface area contributed by atoms with Crippen LogP contribution in [0, 0.1) is 0 Å². The number of carbonyl (C=O) groups excluding carboxylic acids is 1. The van der Waals surface area contributed by atoms with Gasteiger partial charge in [0.05, 0.1) is 5.69 Å². The molecule has 6 nitrogen and oxygen atoms in total. The highest BCUT2D eigenvalue weighted by molar-refractivity contribution is 7.13. The molecule has 0 saturated heterocycles. The maximum absolute atomic E-state index is 12.4. The van der Waals surface area contributed by atoms with E-state index in [1.807, 2.05) is 60.0 Å². The third-order valence-electron chi connectivity index (χ3n) is 4.57. The van der Waals surface area contributed by atoms with E-state index in [1.165, 1.54) is 0 Å². The van der Waals surface area contributed by atoms with Crippen LogP contribution in [0.2, 0.25) is 0 Å². The fourth-order valence-electron chi connectivity index (χ4n) is 3.14. The zero-order valence-corrected chi connectivity index (χ0v) is 16.6. The maximum atomic E-state index is 12.4. The maximum Gasteiger partial charge on any atom is 0.323 e. The summed E-state index contributed by atoms with van der Waals surface area (Å²) in [5.41, 5.74) is 4.21. The van der Waals surface area contributed by atoms with Crippen molar-refractivity contribution in [2.45, 2.75) is 0 Å². The summed E-state index contributed by atoms with van der Waals surface area (Å²) in [5, 5.41) is 8.65. The molecule has 0 aliphatic carbocycles. The number of urea groups is 1. The molecule has 2 amide bonds. The van der Waals surface area contributed by atoms with Crippen LogP contribution in [-0.2, 0) is 0 Å². The van der Waals surface area contributed by atoms with Gasteiger partial charge in [0.25, 0.3) is 0 Å². The first-order valence-electron chi connectivity index (χ1n) is 9.34. The Morgan fingerprint density at radius 2 is 1.60 bits per heavy atom. The molecule has 0 saturated carbocycles. The number of carbonyl (C=O) groups is 1. The molecule has 5 rings (SSSR count). The summed E-state index contributed by atoms with van der Waals surface area (Å²) in [5.74, 6) is 1.29. The Labute approximate surface area is 177 Å². The molecule has 2 N–H and O–H groups in total. The number of rotatable bonds is 4. The fraction of sp³-hybridized carbons (Fsp3) is 0.0435. The van der Waals surface area contributed by atoms with Gasteiger partial charge < -0.3 is 20.1 Å². The van der Waals surface area contributed by atoms with Crippen LogP contribution in [0.1, 0.15) is 0 Å². The van der Waals surface area contributed by atoms with Gasteiger partial charge in [-0.05, 0) is 24.3 Å². The van der Waals surface area contributed by atoms with Crippen molar-refractivity contribution in [1.29, 1.82) is 0 Å². The number of hydrogen-bond donors (Lipinski definition) is 2. The Hall–Kier alpha value is -3.84. The van der Waals surface area contributed by atoms with Gasteiger partial charge in [-0.2, -0.15) is 0 Å². The highest BCUT2D eigenvalue weighted by Gasteiger charge is 2.14. The lowest BCUT2D eigenvalue weighted by atomic mass is 10.1. The van der Waals surface area contributed by atoms with Gasteiger partial charge in [-0.3, -0.25) is 0 Å². The van der Waals surface area contributed by atoms with Crippen LogP contribution in [0.15, 0.2) is 78.2 Å². The van der Waals surface area contributed by atoms with Gasteiger partial charge in [0, 0.05) is 33.9 Å². The van der Waals surface area contributed by atoms with Crippen molar-refractivity contribution < 1.29 is 14.3 Å². The van der Waals surface area contributed by atoms with E-state index in [-0.39, 0.29) is 12.8 Å². The van der Waals surface area contributed by atoms with E-state index in [0.29, 0.717) is 22.9 Å². The van der Waals surface area contributed by atoms with Crippen LogP contribution in [0.5, 0.6) is 11.5 Å². The van der Waals surface area contributed by atoms with E-state index >= 15 is 0 Å². The van der Waals surface area contributed by atoms with Gasteiger partial charge >= 0.3 is 6.03 Å². The van der Waals surface area contributed by atoms with E-state index in [2.05, 4.69) is 10.6 Å². The quantitative estimate of drug-likeness (QED) is 0.439. The van der Waals surface area contributed by atoms with Crippen LogP contribution in [0.4, 0.5) is 16.2 Å². The largest absolute Gasteiger partial charge is 0.454 e. The predicted octanol–water partition coefficient (Wildman–Crippen LogP) is 5.85. The molecule has 4 aromatic rings. The molecule has 2 heterocycles. The highest BCUT2D eigenvalue weighted by atomic mass is 32.1. The van der Waals surface area contributed by atoms with Crippen LogP contribution < -0.4 is 20.1 Å². The van der Waals surface area contributed by atoms with Crippen LogP contribution >= 0.6 is 11.3 Å². The number of ether oxygens (including phenoxy) is 2. The van der Waals surface area contributed by atoms with E-state index in [9.17, 15) is 4.79 Å². The molecule has 0 unspecified atom stereocenters. The molecule has 7 heteroatoms. The molecule has 0 radical (unpaired) electrons. The minimum absolute atomic E-state index is 0.195. The number of hydrogen-bond acceptors (Lipinski definition) is 5. The van der Waals surface area contributed by atoms with Gasteiger partial charge in [0.2, 0.25) is 6.79 Å². The molecule has 1 aliphatic rings. The molecule has 0 bridgehead atoms. The van der Waals surface area contributed by atoms with E-state index in [0.717, 1.165) is 21.8 Å². The minimum Gasteiger partial charge on any atom is -0.454 e. The van der Waals surface area contributed by atoms with Crippen molar-refractivity contribution >= 4 is 28.7 Å². The topological polar surface area (TPSA) is 72.5 Å². The van der Waals surface area contributed by atoms with Gasteiger partial charge in [0.15, 0.2) is 11.5 Å². The molecule has 0 spiro atoms. The lowest BCUT2D eigenvalue weighted by Crippen LogP contribution is -2.19. The number of fused-ring (bicyclic) bond motifs is 1. The Balaban J connectivity index is 1.29. The Morgan fingerprint density at radius 3 is 2.47 bits per heavy atom. The van der Waals surface area contributed by atoms with Crippen molar-refractivity contribution in [1.82, 2.24) is 4.98 Å². The highest BCUT2D eigenvalue weighted by Crippen LogP contribution is 2.34. The summed E-state index contributed by atoms with van der Waals surface area (Å²) in [7, 11) is 0. The summed E-state index contributed by atoms with van der Waals surface area (Å²) in [6.07, 6.45) is 0. The summed E-state index contributed by atoms with van der Waals surface area (Å²) in [6, 6.07) is 22.6. The summed E-state index contributed by atoms with van der Waals surface area (Å²) in [4.78, 5) is 17.1. The molecule has 30 heavy (non-hydrogen) atoms. The molecular weight excluding hydrogens is 398 g/mol. The molecule has 1 aliphatic heterocycles. The van der Waals surface area contributed by atoms with Crippen molar-refractivity contribution in [2.75, 3.05) is 17.4 Å². The summed E-state index contributed by atoms with van der Waals surface area (Å²) < 4.78 is 10.6. The molecule has 0 fully saturated rings. The standard InChI is InChI=1S/C23H17N3O3S/c27-23(25-18-9-10-20-21(12-18)29-14-28-20)24-17-8-4-7-16(11-17)19-13-30-22(26-19)15-5-2-1-3-6-15/h1-13H,14H2,(H2,24,25,27).